The molecule has 0 atom stereocenters. The van der Waals surface area contributed by atoms with Crippen LogP contribution in [0.4, 0.5) is 0 Å². The molecule has 0 spiro atoms. The molecule has 2 rings (SSSR count). The number of rotatable bonds is 4. The molecule has 0 unspecified atom stereocenters. The van der Waals surface area contributed by atoms with Crippen molar-refractivity contribution in [3.05, 3.63) is 42.1 Å². The van der Waals surface area contributed by atoms with Gasteiger partial charge in [0, 0.05) is 17.9 Å². The van der Waals surface area contributed by atoms with Crippen molar-refractivity contribution < 1.29 is 4.74 Å². The first-order valence-electron chi connectivity index (χ1n) is 6.13. The van der Waals surface area contributed by atoms with Crippen molar-refractivity contribution in [2.45, 2.75) is 26.8 Å². The monoisotopic (exact) mass is 229 g/mol. The minimum Gasteiger partial charge on any atom is -0.497 e. The molecule has 17 heavy (non-hydrogen) atoms. The Morgan fingerprint density at radius 1 is 1.00 bits per heavy atom. The van der Waals surface area contributed by atoms with Gasteiger partial charge in [0.2, 0.25) is 0 Å². The largest absolute Gasteiger partial charge is 0.497 e. The number of methoxy groups -OCH3 is 1. The lowest BCUT2D eigenvalue weighted by molar-refractivity contribution is 0.415. The predicted octanol–water partition coefficient (Wildman–Crippen LogP) is 3.75. The number of benzene rings is 1. The van der Waals surface area contributed by atoms with Gasteiger partial charge in [0.25, 0.3) is 0 Å². The third kappa shape index (κ3) is 2.21. The van der Waals surface area contributed by atoms with Gasteiger partial charge >= 0.3 is 0 Å². The number of nitrogens with zero attached hydrogens (tertiary/aromatic N) is 1. The van der Waals surface area contributed by atoms with Crippen molar-refractivity contribution in [3.8, 4) is 17.0 Å². The van der Waals surface area contributed by atoms with Gasteiger partial charge in [-0.25, -0.2) is 0 Å². The third-order valence-electron chi connectivity index (χ3n) is 3.14. The van der Waals surface area contributed by atoms with E-state index in [2.05, 4.69) is 42.7 Å². The molecule has 1 heterocycles. The van der Waals surface area contributed by atoms with Crippen LogP contribution in [0.5, 0.6) is 5.75 Å². The maximum atomic E-state index is 5.18. The van der Waals surface area contributed by atoms with Crippen molar-refractivity contribution in [2.24, 2.45) is 0 Å². The molecular weight excluding hydrogens is 210 g/mol. The number of aromatic nitrogens is 1. The molecule has 1 aromatic carbocycles. The number of aryl methyl sites for hydroxylation is 1. The van der Waals surface area contributed by atoms with Crippen molar-refractivity contribution in [3.63, 3.8) is 0 Å². The molecule has 0 saturated heterocycles. The highest BCUT2D eigenvalue weighted by Gasteiger charge is 2.07. The third-order valence-corrected chi connectivity index (χ3v) is 3.14. The van der Waals surface area contributed by atoms with Crippen molar-refractivity contribution >= 4 is 0 Å². The molecule has 2 nitrogen and oxygen atoms in total. The summed E-state index contributed by atoms with van der Waals surface area (Å²) in [6.07, 6.45) is 1.07. The Labute approximate surface area is 103 Å². The Kier molecular flexibility index (Phi) is 3.52. The average Bonchev–Trinajstić information content (AvgIpc) is 2.81. The quantitative estimate of drug-likeness (QED) is 0.779. The highest BCUT2D eigenvalue weighted by molar-refractivity contribution is 5.62. The molecular formula is C15H19NO. The second-order valence-electron chi connectivity index (χ2n) is 4.04. The summed E-state index contributed by atoms with van der Waals surface area (Å²) in [7, 11) is 1.69. The van der Waals surface area contributed by atoms with Gasteiger partial charge in [-0.2, -0.15) is 0 Å². The Morgan fingerprint density at radius 3 is 2.24 bits per heavy atom. The summed E-state index contributed by atoms with van der Waals surface area (Å²) < 4.78 is 7.54. The van der Waals surface area contributed by atoms with E-state index in [0.29, 0.717) is 0 Å². The Morgan fingerprint density at radius 2 is 1.71 bits per heavy atom. The number of hydrogen-bond acceptors (Lipinski definition) is 1. The molecule has 0 aliphatic carbocycles. The van der Waals surface area contributed by atoms with Gasteiger partial charge in [-0.15, -0.1) is 0 Å². The van der Waals surface area contributed by atoms with E-state index in [0.717, 1.165) is 18.7 Å². The first-order chi connectivity index (χ1) is 8.30. The van der Waals surface area contributed by atoms with E-state index in [-0.39, 0.29) is 0 Å². The summed E-state index contributed by atoms with van der Waals surface area (Å²) in [6, 6.07) is 12.6. The summed E-state index contributed by atoms with van der Waals surface area (Å²) in [6.45, 7) is 5.39. The Bertz CT molecular complexity index is 482. The van der Waals surface area contributed by atoms with Gasteiger partial charge in [0.05, 0.1) is 7.11 Å². The molecule has 0 amide bonds. The smallest absolute Gasteiger partial charge is 0.118 e. The molecule has 0 radical (unpaired) electrons. The van der Waals surface area contributed by atoms with Gasteiger partial charge in [-0.05, 0) is 55.3 Å². The standard InChI is InChI=1S/C15H19NO/c1-4-13-8-11-15(16(13)5-2)12-6-9-14(17-3)10-7-12/h6-11H,4-5H2,1-3H3. The fourth-order valence-corrected chi connectivity index (χ4v) is 2.21. The summed E-state index contributed by atoms with van der Waals surface area (Å²) in [5.41, 5.74) is 3.91. The van der Waals surface area contributed by atoms with Crippen LogP contribution in [-0.2, 0) is 13.0 Å². The molecule has 1 aromatic heterocycles. The van der Waals surface area contributed by atoms with Crippen LogP contribution in [0.3, 0.4) is 0 Å². The van der Waals surface area contributed by atoms with E-state index >= 15 is 0 Å². The summed E-state index contributed by atoms with van der Waals surface area (Å²) >= 11 is 0. The van der Waals surface area contributed by atoms with Crippen LogP contribution in [0, 0.1) is 0 Å². The lowest BCUT2D eigenvalue weighted by atomic mass is 10.1. The second kappa shape index (κ2) is 5.09. The molecule has 2 heteroatoms. The summed E-state index contributed by atoms with van der Waals surface area (Å²) in [5, 5.41) is 0. The summed E-state index contributed by atoms with van der Waals surface area (Å²) in [4.78, 5) is 0. The highest BCUT2D eigenvalue weighted by atomic mass is 16.5. The number of hydrogen-bond donors (Lipinski definition) is 0. The zero-order valence-corrected chi connectivity index (χ0v) is 10.7. The van der Waals surface area contributed by atoms with E-state index in [4.69, 9.17) is 4.74 Å². The fourth-order valence-electron chi connectivity index (χ4n) is 2.21. The molecule has 0 aliphatic rings. The molecule has 2 aromatic rings. The molecule has 90 valence electrons. The van der Waals surface area contributed by atoms with E-state index in [1.54, 1.807) is 7.11 Å². The van der Waals surface area contributed by atoms with Crippen LogP contribution in [0.25, 0.3) is 11.3 Å². The van der Waals surface area contributed by atoms with E-state index in [9.17, 15) is 0 Å². The lowest BCUT2D eigenvalue weighted by Gasteiger charge is -2.10. The molecule has 0 bridgehead atoms. The molecule has 0 N–H and O–H groups in total. The maximum absolute atomic E-state index is 5.18. The maximum Gasteiger partial charge on any atom is 0.118 e. The van der Waals surface area contributed by atoms with Crippen LogP contribution < -0.4 is 4.74 Å². The van der Waals surface area contributed by atoms with Gasteiger partial charge < -0.3 is 9.30 Å². The Hall–Kier alpha value is -1.70. The van der Waals surface area contributed by atoms with Crippen LogP contribution in [-0.4, -0.2) is 11.7 Å². The molecule has 0 aliphatic heterocycles. The van der Waals surface area contributed by atoms with Gasteiger partial charge in [-0.1, -0.05) is 6.92 Å². The van der Waals surface area contributed by atoms with Crippen molar-refractivity contribution in [1.82, 2.24) is 4.57 Å². The van der Waals surface area contributed by atoms with E-state index < -0.39 is 0 Å². The second-order valence-corrected chi connectivity index (χ2v) is 4.04. The minimum atomic E-state index is 0.902. The van der Waals surface area contributed by atoms with Gasteiger partial charge in [0.1, 0.15) is 5.75 Å². The van der Waals surface area contributed by atoms with Crippen LogP contribution in [0.2, 0.25) is 0 Å². The highest BCUT2D eigenvalue weighted by Crippen LogP contribution is 2.25. The minimum absolute atomic E-state index is 0.902. The topological polar surface area (TPSA) is 14.2 Å². The SMILES string of the molecule is CCc1ccc(-c2ccc(OC)cc2)n1CC. The fraction of sp³-hybridized carbons (Fsp3) is 0.333. The first kappa shape index (κ1) is 11.8. The van der Waals surface area contributed by atoms with E-state index in [1.807, 2.05) is 12.1 Å². The summed E-state index contributed by atoms with van der Waals surface area (Å²) in [5.74, 6) is 0.902. The van der Waals surface area contributed by atoms with Crippen molar-refractivity contribution in [1.29, 1.82) is 0 Å². The van der Waals surface area contributed by atoms with Crippen LogP contribution in [0.15, 0.2) is 36.4 Å². The predicted molar refractivity (Wildman–Crippen MR) is 71.5 cm³/mol. The molecule has 0 saturated carbocycles. The zero-order valence-electron chi connectivity index (χ0n) is 10.7. The van der Waals surface area contributed by atoms with Gasteiger partial charge in [0.15, 0.2) is 0 Å². The number of ether oxygens (including phenoxy) is 1. The van der Waals surface area contributed by atoms with Crippen molar-refractivity contribution in [2.75, 3.05) is 7.11 Å². The van der Waals surface area contributed by atoms with E-state index in [1.165, 1.54) is 17.0 Å². The first-order valence-corrected chi connectivity index (χ1v) is 6.13. The van der Waals surface area contributed by atoms with Gasteiger partial charge in [-0.3, -0.25) is 0 Å². The van der Waals surface area contributed by atoms with Crippen LogP contribution >= 0.6 is 0 Å². The zero-order chi connectivity index (χ0) is 12.3. The normalized spacial score (nSPS) is 10.5. The van der Waals surface area contributed by atoms with Crippen LogP contribution in [0.1, 0.15) is 19.5 Å². The average molecular weight is 229 g/mol. The Balaban J connectivity index is 2.41. The molecule has 0 fully saturated rings. The lowest BCUT2D eigenvalue weighted by Crippen LogP contribution is -2.01.